The van der Waals surface area contributed by atoms with E-state index in [2.05, 4.69) is 21.2 Å². The molecule has 0 fully saturated rings. The van der Waals surface area contributed by atoms with Gasteiger partial charge in [-0.05, 0) is 36.1 Å². The summed E-state index contributed by atoms with van der Waals surface area (Å²) in [4.78, 5) is 8.42. The predicted octanol–water partition coefficient (Wildman–Crippen LogP) is 2.00. The summed E-state index contributed by atoms with van der Waals surface area (Å²) in [6.45, 7) is -0.154. The molecule has 3 aromatic rings. The Morgan fingerprint density at radius 2 is 2.00 bits per heavy atom. The third-order valence-electron chi connectivity index (χ3n) is 4.47. The molecular weight excluding hydrogens is 306 g/mol. The number of fused-ring (bicyclic) bond motifs is 1. The quantitative estimate of drug-likeness (QED) is 0.766. The van der Waals surface area contributed by atoms with E-state index in [1.807, 2.05) is 18.2 Å². The first-order chi connectivity index (χ1) is 11.7. The maximum Gasteiger partial charge on any atom is 0.259 e. The van der Waals surface area contributed by atoms with Crippen molar-refractivity contribution in [1.29, 1.82) is 0 Å². The molecule has 1 aliphatic carbocycles. The monoisotopic (exact) mass is 323 g/mol. The fourth-order valence-electron chi connectivity index (χ4n) is 3.13. The van der Waals surface area contributed by atoms with E-state index >= 15 is 0 Å². The second kappa shape index (κ2) is 5.81. The van der Waals surface area contributed by atoms with Crippen LogP contribution in [0.3, 0.4) is 0 Å². The number of benzene rings is 1. The van der Waals surface area contributed by atoms with Crippen LogP contribution in [0.5, 0.6) is 0 Å². The van der Waals surface area contributed by atoms with Gasteiger partial charge in [0.05, 0.1) is 12.3 Å². The van der Waals surface area contributed by atoms with Crippen molar-refractivity contribution >= 4 is 0 Å². The lowest BCUT2D eigenvalue weighted by Gasteiger charge is -2.30. The Morgan fingerprint density at radius 1 is 1.17 bits per heavy atom. The molecule has 1 aliphatic rings. The fraction of sp³-hybridized carbons (Fsp3) is 0.278. The lowest BCUT2D eigenvalue weighted by Crippen LogP contribution is -2.33. The summed E-state index contributed by atoms with van der Waals surface area (Å²) in [6, 6.07) is 11.5. The molecule has 0 bridgehead atoms. The minimum absolute atomic E-state index is 0.154. The van der Waals surface area contributed by atoms with Gasteiger partial charge >= 0.3 is 0 Å². The minimum atomic E-state index is -1.15. The van der Waals surface area contributed by atoms with Gasteiger partial charge in [0.2, 0.25) is 5.82 Å². The maximum atomic E-state index is 11.0. The highest BCUT2D eigenvalue weighted by Crippen LogP contribution is 2.36. The van der Waals surface area contributed by atoms with Gasteiger partial charge in [-0.2, -0.15) is 4.98 Å². The van der Waals surface area contributed by atoms with E-state index in [0.717, 1.165) is 12.0 Å². The molecule has 2 aromatic heterocycles. The molecule has 24 heavy (non-hydrogen) atoms. The van der Waals surface area contributed by atoms with Crippen LogP contribution in [0, 0.1) is 0 Å². The first kappa shape index (κ1) is 15.0. The molecule has 1 atom stereocenters. The molecule has 122 valence electrons. The Hall–Kier alpha value is -2.57. The van der Waals surface area contributed by atoms with Crippen molar-refractivity contribution in [2.24, 2.45) is 0 Å². The van der Waals surface area contributed by atoms with Crippen LogP contribution in [0.2, 0.25) is 0 Å². The number of aryl methyl sites for hydroxylation is 1. The van der Waals surface area contributed by atoms with E-state index in [-0.39, 0.29) is 12.5 Å². The fourth-order valence-corrected chi connectivity index (χ4v) is 3.13. The summed E-state index contributed by atoms with van der Waals surface area (Å²) in [5, 5.41) is 24.2. The Balaban J connectivity index is 1.65. The average molecular weight is 323 g/mol. The van der Waals surface area contributed by atoms with E-state index in [0.29, 0.717) is 29.9 Å². The van der Waals surface area contributed by atoms with Crippen molar-refractivity contribution in [2.75, 3.05) is 0 Å². The molecule has 0 spiro atoms. The van der Waals surface area contributed by atoms with Crippen LogP contribution >= 0.6 is 0 Å². The van der Waals surface area contributed by atoms with Crippen LogP contribution in [0.1, 0.15) is 29.1 Å². The van der Waals surface area contributed by atoms with Gasteiger partial charge in [-0.15, -0.1) is 0 Å². The largest absolute Gasteiger partial charge is 0.390 e. The van der Waals surface area contributed by atoms with Gasteiger partial charge in [-0.25, -0.2) is 0 Å². The third kappa shape index (κ3) is 2.60. The number of aliphatic hydroxyl groups is 2. The molecular formula is C18H17N3O3. The van der Waals surface area contributed by atoms with Gasteiger partial charge < -0.3 is 14.7 Å². The van der Waals surface area contributed by atoms with Gasteiger partial charge in [-0.1, -0.05) is 29.4 Å². The van der Waals surface area contributed by atoms with Crippen LogP contribution < -0.4 is 0 Å². The Kier molecular flexibility index (Phi) is 3.63. The molecule has 0 amide bonds. The molecule has 0 radical (unpaired) electrons. The molecule has 2 heterocycles. The number of hydrogen-bond acceptors (Lipinski definition) is 6. The average Bonchev–Trinajstić information content (AvgIpc) is 3.13. The zero-order valence-electron chi connectivity index (χ0n) is 13.0. The standard InChI is InChI=1S/C18H17N3O3/c22-11-15-9-13(6-8-19-15)16-20-17(24-21-16)18(23)7-5-12-3-1-2-4-14(12)10-18/h1-4,6,8-9,22-23H,5,7,10-11H2. The lowest BCUT2D eigenvalue weighted by molar-refractivity contribution is -0.00860. The van der Waals surface area contributed by atoms with Gasteiger partial charge in [0, 0.05) is 18.2 Å². The normalized spacial score (nSPS) is 19.9. The van der Waals surface area contributed by atoms with Gasteiger partial charge in [0.1, 0.15) is 5.60 Å². The second-order valence-electron chi connectivity index (χ2n) is 6.09. The van der Waals surface area contributed by atoms with Crippen LogP contribution in [-0.2, 0) is 25.0 Å². The molecule has 2 N–H and O–H groups in total. The lowest BCUT2D eigenvalue weighted by atomic mass is 9.80. The molecule has 1 unspecified atom stereocenters. The van der Waals surface area contributed by atoms with Gasteiger partial charge in [-0.3, -0.25) is 4.98 Å². The predicted molar refractivity (Wildman–Crippen MR) is 85.8 cm³/mol. The first-order valence-electron chi connectivity index (χ1n) is 7.87. The van der Waals surface area contributed by atoms with Crippen molar-refractivity contribution in [2.45, 2.75) is 31.5 Å². The maximum absolute atomic E-state index is 11.0. The zero-order chi connectivity index (χ0) is 16.6. The first-order valence-corrected chi connectivity index (χ1v) is 7.87. The van der Waals surface area contributed by atoms with E-state index in [1.54, 1.807) is 18.3 Å². The highest BCUT2D eigenvalue weighted by molar-refractivity contribution is 5.54. The Morgan fingerprint density at radius 3 is 2.83 bits per heavy atom. The third-order valence-corrected chi connectivity index (χ3v) is 4.47. The molecule has 0 saturated carbocycles. The number of hydrogen-bond donors (Lipinski definition) is 2. The molecule has 6 nitrogen and oxygen atoms in total. The summed E-state index contributed by atoms with van der Waals surface area (Å²) in [5.41, 5.74) is 2.45. The zero-order valence-corrected chi connectivity index (χ0v) is 13.0. The van der Waals surface area contributed by atoms with E-state index in [9.17, 15) is 10.2 Å². The van der Waals surface area contributed by atoms with Crippen molar-refractivity contribution < 1.29 is 14.7 Å². The van der Waals surface area contributed by atoms with Gasteiger partial charge in [0.25, 0.3) is 5.89 Å². The van der Waals surface area contributed by atoms with E-state index in [4.69, 9.17) is 4.52 Å². The summed E-state index contributed by atoms with van der Waals surface area (Å²) in [7, 11) is 0. The molecule has 0 saturated heterocycles. The van der Waals surface area contributed by atoms with Gasteiger partial charge in [0.15, 0.2) is 0 Å². The topological polar surface area (TPSA) is 92.3 Å². The Labute approximate surface area is 138 Å². The highest BCUT2D eigenvalue weighted by atomic mass is 16.5. The number of rotatable bonds is 3. The van der Waals surface area contributed by atoms with Crippen LogP contribution in [0.15, 0.2) is 47.1 Å². The van der Waals surface area contributed by atoms with Crippen molar-refractivity contribution in [1.82, 2.24) is 15.1 Å². The van der Waals surface area contributed by atoms with Crippen LogP contribution in [-0.4, -0.2) is 25.3 Å². The Bertz CT molecular complexity index is 877. The number of aliphatic hydroxyl groups excluding tert-OH is 1. The summed E-state index contributed by atoms with van der Waals surface area (Å²) in [5.74, 6) is 0.615. The minimum Gasteiger partial charge on any atom is -0.390 e. The molecule has 0 aliphatic heterocycles. The van der Waals surface area contributed by atoms with E-state index in [1.165, 1.54) is 5.56 Å². The number of aromatic nitrogens is 3. The molecule has 6 heteroatoms. The molecule has 1 aromatic carbocycles. The SMILES string of the molecule is OCc1cc(-c2noc(C3(O)CCc4ccccc4C3)n2)ccn1. The van der Waals surface area contributed by atoms with Crippen molar-refractivity contribution in [3.63, 3.8) is 0 Å². The van der Waals surface area contributed by atoms with Crippen LogP contribution in [0.4, 0.5) is 0 Å². The summed E-state index contributed by atoms with van der Waals surface area (Å²) >= 11 is 0. The summed E-state index contributed by atoms with van der Waals surface area (Å²) in [6.07, 6.45) is 3.36. The second-order valence-corrected chi connectivity index (χ2v) is 6.09. The van der Waals surface area contributed by atoms with Crippen molar-refractivity contribution in [3.05, 3.63) is 65.3 Å². The smallest absolute Gasteiger partial charge is 0.259 e. The number of pyridine rings is 1. The number of nitrogens with zero attached hydrogens (tertiary/aromatic N) is 3. The van der Waals surface area contributed by atoms with Crippen molar-refractivity contribution in [3.8, 4) is 11.4 Å². The summed E-state index contributed by atoms with van der Waals surface area (Å²) < 4.78 is 5.36. The van der Waals surface area contributed by atoms with E-state index < -0.39 is 5.60 Å². The van der Waals surface area contributed by atoms with Crippen LogP contribution in [0.25, 0.3) is 11.4 Å². The molecule has 4 rings (SSSR count). The highest BCUT2D eigenvalue weighted by Gasteiger charge is 2.39.